The Kier molecular flexibility index (Phi) is 5.99. The quantitative estimate of drug-likeness (QED) is 0.769. The van der Waals surface area contributed by atoms with Crippen molar-refractivity contribution < 1.29 is 14.7 Å². The summed E-state index contributed by atoms with van der Waals surface area (Å²) in [7, 11) is 0. The maximum Gasteiger partial charge on any atom is 0.322 e. The second-order valence-electron chi connectivity index (χ2n) is 5.53. The molecule has 0 fully saturated rings. The minimum atomic E-state index is -1.08. The molecule has 23 heavy (non-hydrogen) atoms. The number of thioether (sulfide) groups is 1. The Labute approximate surface area is 139 Å². The highest BCUT2D eigenvalue weighted by Crippen LogP contribution is 2.30. The number of aryl methyl sites for hydroxylation is 1. The minimum Gasteiger partial charge on any atom is -0.480 e. The first-order valence-electron chi connectivity index (χ1n) is 7.57. The molecule has 2 N–H and O–H groups in total. The van der Waals surface area contributed by atoms with Gasteiger partial charge in [-0.05, 0) is 36.8 Å². The van der Waals surface area contributed by atoms with E-state index in [1.54, 1.807) is 0 Å². The van der Waals surface area contributed by atoms with E-state index < -0.39 is 12.5 Å². The van der Waals surface area contributed by atoms with E-state index in [1.165, 1.54) is 11.8 Å². The molecule has 1 aliphatic carbocycles. The molecular formula is C16H19N3O3S. The number of carbonyl (C=O) groups excluding carboxylic acids is 1. The molecule has 122 valence electrons. The van der Waals surface area contributed by atoms with Crippen molar-refractivity contribution in [1.29, 1.82) is 5.26 Å². The summed E-state index contributed by atoms with van der Waals surface area (Å²) in [6.07, 6.45) is 4.09. The molecule has 0 bridgehead atoms. The van der Waals surface area contributed by atoms with E-state index in [2.05, 4.69) is 23.3 Å². The van der Waals surface area contributed by atoms with Gasteiger partial charge >= 0.3 is 5.97 Å². The first kappa shape index (κ1) is 17.3. The summed E-state index contributed by atoms with van der Waals surface area (Å²) < 4.78 is 0. The molecular weight excluding hydrogens is 314 g/mol. The molecule has 6 nitrogen and oxygen atoms in total. The van der Waals surface area contributed by atoms with Crippen LogP contribution in [0.15, 0.2) is 11.1 Å². The summed E-state index contributed by atoms with van der Waals surface area (Å²) in [6.45, 7) is 1.77. The molecule has 2 rings (SSSR count). The lowest BCUT2D eigenvalue weighted by Crippen LogP contribution is -2.30. The summed E-state index contributed by atoms with van der Waals surface area (Å²) in [6, 6.07) is 4.03. The van der Waals surface area contributed by atoms with Crippen LogP contribution in [0.3, 0.4) is 0 Å². The van der Waals surface area contributed by atoms with Gasteiger partial charge in [-0.3, -0.25) is 9.59 Å². The topological polar surface area (TPSA) is 103 Å². The highest BCUT2D eigenvalue weighted by Gasteiger charge is 2.21. The molecule has 0 saturated carbocycles. The first-order valence-corrected chi connectivity index (χ1v) is 8.56. The van der Waals surface area contributed by atoms with Gasteiger partial charge in [0.2, 0.25) is 5.91 Å². The number of aromatic nitrogens is 1. The molecule has 0 saturated heterocycles. The first-order chi connectivity index (χ1) is 11.0. The van der Waals surface area contributed by atoms with Crippen molar-refractivity contribution in [3.63, 3.8) is 0 Å². The van der Waals surface area contributed by atoms with Gasteiger partial charge in [0, 0.05) is 5.69 Å². The van der Waals surface area contributed by atoms with Crippen molar-refractivity contribution in [3.05, 3.63) is 22.9 Å². The van der Waals surface area contributed by atoms with Gasteiger partial charge in [0.05, 0.1) is 11.3 Å². The normalized spacial score (nSPS) is 16.3. The third-order valence-electron chi connectivity index (χ3n) is 3.93. The van der Waals surface area contributed by atoms with E-state index in [9.17, 15) is 14.9 Å². The number of amides is 1. The highest BCUT2D eigenvalue weighted by atomic mass is 32.2. The van der Waals surface area contributed by atoms with Crippen LogP contribution in [0.5, 0.6) is 0 Å². The van der Waals surface area contributed by atoms with Crippen molar-refractivity contribution in [1.82, 2.24) is 10.3 Å². The molecule has 0 radical (unpaired) electrons. The number of carbonyl (C=O) groups is 2. The fourth-order valence-corrected chi connectivity index (χ4v) is 3.42. The predicted molar refractivity (Wildman–Crippen MR) is 86.1 cm³/mol. The zero-order valence-electron chi connectivity index (χ0n) is 13.0. The summed E-state index contributed by atoms with van der Waals surface area (Å²) >= 11 is 1.17. The number of fused-ring (bicyclic) bond motifs is 1. The van der Waals surface area contributed by atoms with Gasteiger partial charge in [0.15, 0.2) is 0 Å². The van der Waals surface area contributed by atoms with Gasteiger partial charge in [-0.15, -0.1) is 0 Å². The van der Waals surface area contributed by atoms with Crippen LogP contribution in [0.1, 0.15) is 36.6 Å². The number of carboxylic acids is 1. The van der Waals surface area contributed by atoms with E-state index in [0.717, 1.165) is 36.9 Å². The molecule has 0 unspecified atom stereocenters. The lowest BCUT2D eigenvalue weighted by atomic mass is 9.85. The summed E-state index contributed by atoms with van der Waals surface area (Å²) in [5, 5.41) is 20.7. The number of nitriles is 1. The maximum absolute atomic E-state index is 11.6. The molecule has 1 heterocycles. The van der Waals surface area contributed by atoms with Gasteiger partial charge in [0.1, 0.15) is 17.6 Å². The minimum absolute atomic E-state index is 0.0470. The lowest BCUT2D eigenvalue weighted by Gasteiger charge is -2.23. The molecule has 7 heteroatoms. The molecule has 1 amide bonds. The predicted octanol–water partition coefficient (Wildman–Crippen LogP) is 1.76. The van der Waals surface area contributed by atoms with Crippen LogP contribution < -0.4 is 5.32 Å². The van der Waals surface area contributed by atoms with Gasteiger partial charge in [0.25, 0.3) is 0 Å². The standard InChI is InChI=1S/C16H19N3O3S/c1-2-10-3-4-13-11(5-10)6-12(7-17)16(19-13)23-9-14(20)18-8-15(21)22/h6,10H,2-5,8-9H2,1H3,(H,18,20)(H,21,22)/t10-/m1/s1. The second kappa shape index (κ2) is 7.97. The van der Waals surface area contributed by atoms with E-state index in [1.807, 2.05) is 6.07 Å². The van der Waals surface area contributed by atoms with E-state index in [0.29, 0.717) is 16.5 Å². The number of rotatable bonds is 6. The van der Waals surface area contributed by atoms with Gasteiger partial charge < -0.3 is 10.4 Å². The van der Waals surface area contributed by atoms with E-state index >= 15 is 0 Å². The van der Waals surface area contributed by atoms with Crippen LogP contribution >= 0.6 is 11.8 Å². The Hall–Kier alpha value is -2.07. The third-order valence-corrected chi connectivity index (χ3v) is 4.92. The van der Waals surface area contributed by atoms with Crippen LogP contribution in [0, 0.1) is 17.2 Å². The Balaban J connectivity index is 2.06. The maximum atomic E-state index is 11.6. The van der Waals surface area contributed by atoms with Gasteiger partial charge in [-0.1, -0.05) is 25.1 Å². The zero-order valence-corrected chi connectivity index (χ0v) is 13.8. The fraction of sp³-hybridized carbons (Fsp3) is 0.500. The van der Waals surface area contributed by atoms with Crippen molar-refractivity contribution in [2.75, 3.05) is 12.3 Å². The molecule has 1 atom stereocenters. The van der Waals surface area contributed by atoms with Crippen molar-refractivity contribution >= 4 is 23.6 Å². The Morgan fingerprint density at radius 3 is 3.00 bits per heavy atom. The van der Waals surface area contributed by atoms with Crippen LogP contribution in [0.25, 0.3) is 0 Å². The van der Waals surface area contributed by atoms with Crippen LogP contribution in [-0.2, 0) is 22.4 Å². The summed E-state index contributed by atoms with van der Waals surface area (Å²) in [5.41, 5.74) is 2.64. The van der Waals surface area contributed by atoms with E-state index in [4.69, 9.17) is 5.11 Å². The molecule has 1 aromatic heterocycles. The number of nitrogens with one attached hydrogen (secondary N) is 1. The molecule has 0 aromatic carbocycles. The van der Waals surface area contributed by atoms with Gasteiger partial charge in [-0.2, -0.15) is 5.26 Å². The third kappa shape index (κ3) is 4.70. The van der Waals surface area contributed by atoms with Crippen LogP contribution in [0.2, 0.25) is 0 Å². The second-order valence-corrected chi connectivity index (χ2v) is 6.50. The largest absolute Gasteiger partial charge is 0.480 e. The van der Waals surface area contributed by atoms with Crippen molar-refractivity contribution in [3.8, 4) is 6.07 Å². The lowest BCUT2D eigenvalue weighted by molar-refractivity contribution is -0.137. The summed E-state index contributed by atoms with van der Waals surface area (Å²) in [4.78, 5) is 26.6. The fourth-order valence-electron chi connectivity index (χ4n) is 2.62. The molecule has 0 aliphatic heterocycles. The van der Waals surface area contributed by atoms with E-state index in [-0.39, 0.29) is 11.7 Å². The van der Waals surface area contributed by atoms with Crippen molar-refractivity contribution in [2.24, 2.45) is 5.92 Å². The Morgan fingerprint density at radius 1 is 1.57 bits per heavy atom. The van der Waals surface area contributed by atoms with Crippen LogP contribution in [0.4, 0.5) is 0 Å². The summed E-state index contributed by atoms with van der Waals surface area (Å²) in [5.74, 6) is -0.771. The Bertz CT molecular complexity index is 655. The van der Waals surface area contributed by atoms with Crippen molar-refractivity contribution in [2.45, 2.75) is 37.6 Å². The van der Waals surface area contributed by atoms with Crippen LogP contribution in [-0.4, -0.2) is 34.3 Å². The Morgan fingerprint density at radius 2 is 2.35 bits per heavy atom. The average Bonchev–Trinajstić information content (AvgIpc) is 2.56. The number of hydrogen-bond donors (Lipinski definition) is 2. The number of hydrogen-bond acceptors (Lipinski definition) is 5. The molecule has 1 aliphatic rings. The zero-order chi connectivity index (χ0) is 16.8. The monoisotopic (exact) mass is 333 g/mol. The average molecular weight is 333 g/mol. The highest BCUT2D eigenvalue weighted by molar-refractivity contribution is 8.00. The molecule has 0 spiro atoms. The number of aliphatic carboxylic acids is 1. The smallest absolute Gasteiger partial charge is 0.322 e. The number of nitrogens with zero attached hydrogens (tertiary/aromatic N) is 2. The number of carboxylic acid groups (broad SMARTS) is 1. The molecule has 1 aromatic rings. The van der Waals surface area contributed by atoms with Gasteiger partial charge in [-0.25, -0.2) is 4.98 Å². The number of pyridine rings is 1. The SMILES string of the molecule is CC[C@@H]1CCc2nc(SCC(=O)NCC(=O)O)c(C#N)cc2C1.